The van der Waals surface area contributed by atoms with E-state index in [0.717, 1.165) is 12.8 Å². The molecule has 7 heteroatoms. The molecule has 1 aliphatic heterocycles. The summed E-state index contributed by atoms with van der Waals surface area (Å²) >= 11 is 0. The summed E-state index contributed by atoms with van der Waals surface area (Å²) in [7, 11) is 0. The fourth-order valence-electron chi connectivity index (χ4n) is 2.81. The van der Waals surface area contributed by atoms with E-state index in [-0.39, 0.29) is 30.7 Å². The van der Waals surface area contributed by atoms with Crippen LogP contribution in [0.1, 0.15) is 45.4 Å². The van der Waals surface area contributed by atoms with Gasteiger partial charge in [-0.2, -0.15) is 13.2 Å². The maximum atomic E-state index is 12.4. The Kier molecular flexibility index (Phi) is 4.78. The quantitative estimate of drug-likeness (QED) is 0.818. The van der Waals surface area contributed by atoms with Crippen LogP contribution in [0.3, 0.4) is 0 Å². The molecule has 21 heavy (non-hydrogen) atoms. The van der Waals surface area contributed by atoms with Gasteiger partial charge in [-0.3, -0.25) is 9.59 Å². The second-order valence-corrected chi connectivity index (χ2v) is 5.88. The topological polar surface area (TPSA) is 49.4 Å². The van der Waals surface area contributed by atoms with Crippen molar-refractivity contribution in [2.45, 2.75) is 63.7 Å². The van der Waals surface area contributed by atoms with Crippen molar-refractivity contribution < 1.29 is 22.8 Å². The van der Waals surface area contributed by atoms with Crippen LogP contribution in [-0.2, 0) is 9.59 Å². The number of nitrogens with zero attached hydrogens (tertiary/aromatic N) is 1. The molecule has 1 saturated carbocycles. The fourth-order valence-corrected chi connectivity index (χ4v) is 2.81. The smallest absolute Gasteiger partial charge is 0.342 e. The molecule has 2 amide bonds. The lowest BCUT2D eigenvalue weighted by Crippen LogP contribution is -2.64. The highest BCUT2D eigenvalue weighted by atomic mass is 19.4. The zero-order chi connectivity index (χ0) is 15.6. The Hall–Kier alpha value is -1.27. The molecule has 0 bridgehead atoms. The molecule has 1 heterocycles. The van der Waals surface area contributed by atoms with Gasteiger partial charge in [0.05, 0.1) is 0 Å². The minimum Gasteiger partial charge on any atom is -0.342 e. The van der Waals surface area contributed by atoms with Crippen LogP contribution in [0.25, 0.3) is 0 Å². The van der Waals surface area contributed by atoms with E-state index in [9.17, 15) is 22.8 Å². The first-order chi connectivity index (χ1) is 9.83. The van der Waals surface area contributed by atoms with Crippen molar-refractivity contribution in [3.8, 4) is 0 Å². The van der Waals surface area contributed by atoms with E-state index in [1.165, 1.54) is 4.90 Å². The van der Waals surface area contributed by atoms with E-state index in [2.05, 4.69) is 5.32 Å². The Morgan fingerprint density at radius 3 is 2.48 bits per heavy atom. The average Bonchev–Trinajstić information content (AvgIpc) is 3.19. The van der Waals surface area contributed by atoms with Gasteiger partial charge in [-0.15, -0.1) is 0 Å². The maximum absolute atomic E-state index is 12.4. The first-order valence-electron chi connectivity index (χ1n) is 7.51. The van der Waals surface area contributed by atoms with Gasteiger partial charge in [-0.25, -0.2) is 0 Å². The van der Waals surface area contributed by atoms with Crippen molar-refractivity contribution in [1.82, 2.24) is 10.2 Å². The maximum Gasteiger partial charge on any atom is 0.389 e. The highest BCUT2D eigenvalue weighted by Gasteiger charge is 2.46. The van der Waals surface area contributed by atoms with Crippen LogP contribution in [-0.4, -0.2) is 41.5 Å². The van der Waals surface area contributed by atoms with Gasteiger partial charge in [-0.05, 0) is 31.6 Å². The summed E-state index contributed by atoms with van der Waals surface area (Å²) in [5.74, 6) is -0.271. The first-order valence-corrected chi connectivity index (χ1v) is 7.51. The molecule has 2 rings (SSSR count). The van der Waals surface area contributed by atoms with Crippen LogP contribution < -0.4 is 5.32 Å². The summed E-state index contributed by atoms with van der Waals surface area (Å²) in [6.07, 6.45) is -2.32. The average molecular weight is 306 g/mol. The minimum absolute atomic E-state index is 0.000347. The highest BCUT2D eigenvalue weighted by molar-refractivity contribution is 5.97. The van der Waals surface area contributed by atoms with Crippen LogP contribution in [0.15, 0.2) is 0 Å². The molecule has 1 saturated heterocycles. The van der Waals surface area contributed by atoms with E-state index >= 15 is 0 Å². The molecule has 0 aromatic rings. The SMILES string of the molecule is CCCC1C(=O)NC(C2CC2)C(=O)N1CCCC(F)(F)F. The number of hydrogen-bond acceptors (Lipinski definition) is 2. The van der Waals surface area contributed by atoms with Crippen LogP contribution in [0.4, 0.5) is 13.2 Å². The van der Waals surface area contributed by atoms with Crippen LogP contribution in [0.5, 0.6) is 0 Å². The molecule has 4 nitrogen and oxygen atoms in total. The van der Waals surface area contributed by atoms with Crippen molar-refractivity contribution in [1.29, 1.82) is 0 Å². The zero-order valence-corrected chi connectivity index (χ0v) is 12.1. The number of alkyl halides is 3. The van der Waals surface area contributed by atoms with Gasteiger partial charge in [0.15, 0.2) is 0 Å². The molecule has 0 aromatic carbocycles. The summed E-state index contributed by atoms with van der Waals surface area (Å²) in [6, 6.07) is -1.15. The van der Waals surface area contributed by atoms with Gasteiger partial charge in [-0.1, -0.05) is 13.3 Å². The third-order valence-electron chi connectivity index (χ3n) is 4.04. The number of hydrogen-bond donors (Lipinski definition) is 1. The van der Waals surface area contributed by atoms with E-state index in [1.54, 1.807) is 0 Å². The first kappa shape index (κ1) is 16.1. The van der Waals surface area contributed by atoms with Crippen molar-refractivity contribution in [2.75, 3.05) is 6.54 Å². The Labute approximate surface area is 122 Å². The fraction of sp³-hybridized carbons (Fsp3) is 0.857. The lowest BCUT2D eigenvalue weighted by atomic mass is 10.00. The van der Waals surface area contributed by atoms with Gasteiger partial charge < -0.3 is 10.2 Å². The number of halogens is 3. The van der Waals surface area contributed by atoms with Gasteiger partial charge >= 0.3 is 6.18 Å². The number of piperazine rings is 1. The summed E-state index contributed by atoms with van der Waals surface area (Å²) < 4.78 is 36.8. The molecule has 1 aliphatic carbocycles. The zero-order valence-electron chi connectivity index (χ0n) is 12.1. The van der Waals surface area contributed by atoms with Crippen molar-refractivity contribution in [3.63, 3.8) is 0 Å². The Balaban J connectivity index is 2.02. The minimum atomic E-state index is -4.22. The molecule has 0 aromatic heterocycles. The number of rotatable bonds is 6. The summed E-state index contributed by atoms with van der Waals surface area (Å²) in [4.78, 5) is 25.9. The van der Waals surface area contributed by atoms with Crippen LogP contribution >= 0.6 is 0 Å². The summed E-state index contributed by atoms with van der Waals surface area (Å²) in [5.41, 5.74) is 0. The number of carbonyl (C=O) groups is 2. The van der Waals surface area contributed by atoms with Gasteiger partial charge in [0.25, 0.3) is 0 Å². The molecule has 0 spiro atoms. The molecule has 2 atom stereocenters. The lowest BCUT2D eigenvalue weighted by Gasteiger charge is -2.39. The van der Waals surface area contributed by atoms with E-state index < -0.39 is 24.7 Å². The van der Waals surface area contributed by atoms with E-state index in [0.29, 0.717) is 12.8 Å². The predicted molar refractivity (Wildman–Crippen MR) is 70.4 cm³/mol. The van der Waals surface area contributed by atoms with E-state index in [1.807, 2.05) is 6.92 Å². The number of nitrogens with one attached hydrogen (secondary N) is 1. The van der Waals surface area contributed by atoms with Crippen molar-refractivity contribution >= 4 is 11.8 Å². The molecular weight excluding hydrogens is 285 g/mol. The Bertz CT molecular complexity index is 408. The van der Waals surface area contributed by atoms with Gasteiger partial charge in [0.1, 0.15) is 12.1 Å². The normalized spacial score (nSPS) is 27.0. The largest absolute Gasteiger partial charge is 0.389 e. The second-order valence-electron chi connectivity index (χ2n) is 5.88. The second kappa shape index (κ2) is 6.23. The van der Waals surface area contributed by atoms with Gasteiger partial charge in [0.2, 0.25) is 11.8 Å². The third kappa shape index (κ3) is 4.11. The van der Waals surface area contributed by atoms with Crippen molar-refractivity contribution in [3.05, 3.63) is 0 Å². The molecule has 1 N–H and O–H groups in total. The van der Waals surface area contributed by atoms with Crippen molar-refractivity contribution in [2.24, 2.45) is 5.92 Å². The molecular formula is C14H21F3N2O2. The highest BCUT2D eigenvalue weighted by Crippen LogP contribution is 2.35. The number of carbonyl (C=O) groups excluding carboxylic acids is 2. The predicted octanol–water partition coefficient (Wildman–Crippen LogP) is 2.23. The number of amides is 2. The van der Waals surface area contributed by atoms with Gasteiger partial charge in [0, 0.05) is 13.0 Å². The Morgan fingerprint density at radius 2 is 1.95 bits per heavy atom. The monoisotopic (exact) mass is 306 g/mol. The molecule has 120 valence electrons. The van der Waals surface area contributed by atoms with E-state index in [4.69, 9.17) is 0 Å². The summed E-state index contributed by atoms with van der Waals surface area (Å²) in [6.45, 7) is 1.89. The summed E-state index contributed by atoms with van der Waals surface area (Å²) in [5, 5.41) is 2.75. The molecule has 2 unspecified atom stereocenters. The standard InChI is InChI=1S/C14H21F3N2O2/c1-2-4-10-12(20)18-11(9-5-6-9)13(21)19(10)8-3-7-14(15,16)17/h9-11H,2-8H2,1H3,(H,18,20). The van der Waals surface area contributed by atoms with Crippen LogP contribution in [0.2, 0.25) is 0 Å². The lowest BCUT2D eigenvalue weighted by molar-refractivity contribution is -0.152. The molecule has 2 aliphatic rings. The molecule has 0 radical (unpaired) electrons. The third-order valence-corrected chi connectivity index (χ3v) is 4.04. The molecule has 2 fully saturated rings. The Morgan fingerprint density at radius 1 is 1.29 bits per heavy atom. The van der Waals surface area contributed by atoms with Crippen LogP contribution in [0, 0.1) is 5.92 Å².